The van der Waals surface area contributed by atoms with Gasteiger partial charge in [-0.2, -0.15) is 5.10 Å². The molecule has 5 aromatic rings. The van der Waals surface area contributed by atoms with Gasteiger partial charge in [-0.3, -0.25) is 4.68 Å². The number of fused-ring (bicyclic) bond motifs is 1. The molecule has 5 rings (SSSR count). The number of halogens is 2. The van der Waals surface area contributed by atoms with Gasteiger partial charge in [-0.15, -0.1) is 0 Å². The van der Waals surface area contributed by atoms with Crippen LogP contribution in [0.25, 0.3) is 44.9 Å². The van der Waals surface area contributed by atoms with Crippen LogP contribution in [0.1, 0.15) is 11.4 Å². The quantitative estimate of drug-likeness (QED) is 0.338. The zero-order valence-corrected chi connectivity index (χ0v) is 19.7. The summed E-state index contributed by atoms with van der Waals surface area (Å²) in [4.78, 5) is 18.7. The van der Waals surface area contributed by atoms with Crippen molar-refractivity contribution in [2.45, 2.75) is 13.8 Å². The molecule has 0 bridgehead atoms. The number of hydrogen-bond acceptors (Lipinski definition) is 6. The van der Waals surface area contributed by atoms with Gasteiger partial charge in [-0.05, 0) is 55.8 Å². The molecule has 3 heterocycles. The fourth-order valence-corrected chi connectivity index (χ4v) is 3.85. The smallest absolute Gasteiger partial charge is 0.182 e. The van der Waals surface area contributed by atoms with Crippen LogP contribution < -0.4 is 4.74 Å². The molecule has 170 valence electrons. The molecule has 0 saturated carbocycles. The van der Waals surface area contributed by atoms with Gasteiger partial charge in [0.15, 0.2) is 11.5 Å². The minimum absolute atomic E-state index is 0.269. The summed E-state index contributed by atoms with van der Waals surface area (Å²) in [6.45, 7) is 3.71. The van der Waals surface area contributed by atoms with Crippen molar-refractivity contribution >= 4 is 22.8 Å². The number of aromatic nitrogens is 6. The van der Waals surface area contributed by atoms with E-state index in [1.54, 1.807) is 30.1 Å². The highest BCUT2D eigenvalue weighted by Crippen LogP contribution is 2.34. The average molecular weight is 475 g/mol. The molecule has 7 nitrogen and oxygen atoms in total. The molecule has 9 heteroatoms. The number of nitrogens with zero attached hydrogens (tertiary/aromatic N) is 6. The van der Waals surface area contributed by atoms with Crippen LogP contribution in [0, 0.1) is 19.7 Å². The van der Waals surface area contributed by atoms with Crippen LogP contribution in [-0.4, -0.2) is 36.8 Å². The van der Waals surface area contributed by atoms with Gasteiger partial charge in [0, 0.05) is 35.0 Å². The average Bonchev–Trinajstić information content (AvgIpc) is 3.25. The van der Waals surface area contributed by atoms with Gasteiger partial charge in [0.1, 0.15) is 22.8 Å². The van der Waals surface area contributed by atoms with Crippen molar-refractivity contribution in [3.05, 3.63) is 71.0 Å². The first-order valence-electron chi connectivity index (χ1n) is 10.5. The van der Waals surface area contributed by atoms with Gasteiger partial charge in [-0.1, -0.05) is 11.6 Å². The highest BCUT2D eigenvalue weighted by Gasteiger charge is 2.19. The molecule has 34 heavy (non-hydrogen) atoms. The van der Waals surface area contributed by atoms with Crippen molar-refractivity contribution in [1.29, 1.82) is 0 Å². The van der Waals surface area contributed by atoms with Crippen molar-refractivity contribution in [3.63, 3.8) is 0 Å². The van der Waals surface area contributed by atoms with E-state index in [0.717, 1.165) is 22.5 Å². The zero-order chi connectivity index (χ0) is 24.0. The summed E-state index contributed by atoms with van der Waals surface area (Å²) >= 11 is 5.99. The minimum Gasteiger partial charge on any atom is -0.497 e. The summed E-state index contributed by atoms with van der Waals surface area (Å²) in [6.07, 6.45) is 3.68. The Kier molecular flexibility index (Phi) is 5.45. The third kappa shape index (κ3) is 3.97. The lowest BCUT2D eigenvalue weighted by Gasteiger charge is -2.12. The first-order chi connectivity index (χ1) is 16.3. The molecule has 3 aromatic heterocycles. The predicted octanol–water partition coefficient (Wildman–Crippen LogP) is 5.57. The predicted molar refractivity (Wildman–Crippen MR) is 129 cm³/mol. The van der Waals surface area contributed by atoms with Crippen molar-refractivity contribution in [2.75, 3.05) is 7.11 Å². The first-order valence-corrected chi connectivity index (χ1v) is 10.9. The monoisotopic (exact) mass is 474 g/mol. The SMILES string of the molecule is COc1cc(-c2cnn(C)c2)cc(-c2nc(-c3ccc(Cl)cc3F)c3nc(C)c(C)nc3n2)c1. The van der Waals surface area contributed by atoms with Crippen LogP contribution in [0.2, 0.25) is 5.02 Å². The van der Waals surface area contributed by atoms with Crippen LogP contribution in [0.4, 0.5) is 4.39 Å². The molecule has 0 aliphatic carbocycles. The summed E-state index contributed by atoms with van der Waals surface area (Å²) in [5.41, 5.74) is 5.36. The Labute approximate surface area is 200 Å². The Morgan fingerprint density at radius 2 is 1.68 bits per heavy atom. The van der Waals surface area contributed by atoms with Crippen LogP contribution in [0.15, 0.2) is 48.8 Å². The van der Waals surface area contributed by atoms with Crippen molar-refractivity contribution in [2.24, 2.45) is 7.05 Å². The molecule has 0 aliphatic heterocycles. The maximum atomic E-state index is 15.0. The molecule has 0 radical (unpaired) electrons. The number of hydrogen-bond donors (Lipinski definition) is 0. The molecule has 0 unspecified atom stereocenters. The third-order valence-electron chi connectivity index (χ3n) is 5.57. The Morgan fingerprint density at radius 3 is 2.38 bits per heavy atom. The largest absolute Gasteiger partial charge is 0.497 e. The van der Waals surface area contributed by atoms with E-state index in [-0.39, 0.29) is 5.56 Å². The summed E-state index contributed by atoms with van der Waals surface area (Å²) in [6, 6.07) is 10.1. The molecule has 0 N–H and O–H groups in total. The van der Waals surface area contributed by atoms with Gasteiger partial charge in [0.05, 0.1) is 24.7 Å². The Balaban J connectivity index is 1.79. The lowest BCUT2D eigenvalue weighted by molar-refractivity contribution is 0.415. The van der Waals surface area contributed by atoms with E-state index in [1.165, 1.54) is 6.07 Å². The zero-order valence-electron chi connectivity index (χ0n) is 19.0. The first kappa shape index (κ1) is 21.9. The standard InChI is InChI=1S/C25H20ClFN6O/c1-13-14(2)30-25-23(29-13)22(20-6-5-18(26)10-21(20)27)31-24(32-25)16-7-15(8-19(9-16)34-4)17-11-28-33(3)12-17/h5-12H,1-4H3. The normalized spacial score (nSPS) is 11.2. The number of methoxy groups -OCH3 is 1. The molecule has 0 aliphatic rings. The van der Waals surface area contributed by atoms with E-state index >= 15 is 0 Å². The summed E-state index contributed by atoms with van der Waals surface area (Å²) < 4.78 is 22.2. The molecule has 0 spiro atoms. The van der Waals surface area contributed by atoms with Crippen molar-refractivity contribution in [3.8, 4) is 39.5 Å². The second kappa shape index (κ2) is 8.46. The second-order valence-electron chi connectivity index (χ2n) is 7.94. The number of benzene rings is 2. The van der Waals surface area contributed by atoms with Gasteiger partial charge in [0.2, 0.25) is 0 Å². The van der Waals surface area contributed by atoms with E-state index in [9.17, 15) is 4.39 Å². The van der Waals surface area contributed by atoms with Gasteiger partial charge < -0.3 is 4.74 Å². The maximum Gasteiger partial charge on any atom is 0.182 e. The minimum atomic E-state index is -0.500. The molecule has 0 atom stereocenters. The Hall–Kier alpha value is -3.91. The number of ether oxygens (including phenoxy) is 1. The van der Waals surface area contributed by atoms with Gasteiger partial charge in [0.25, 0.3) is 0 Å². The van der Waals surface area contributed by atoms with Gasteiger partial charge in [-0.25, -0.2) is 24.3 Å². The molecular formula is C25H20ClFN6O. The van der Waals surface area contributed by atoms with Crippen LogP contribution in [0.5, 0.6) is 5.75 Å². The van der Waals surface area contributed by atoms with E-state index in [2.05, 4.69) is 20.1 Å². The molecular weight excluding hydrogens is 455 g/mol. The van der Waals surface area contributed by atoms with Crippen molar-refractivity contribution in [1.82, 2.24) is 29.7 Å². The maximum absolute atomic E-state index is 15.0. The summed E-state index contributed by atoms with van der Waals surface area (Å²) in [5.74, 6) is 0.504. The third-order valence-corrected chi connectivity index (χ3v) is 5.80. The van der Waals surface area contributed by atoms with Gasteiger partial charge >= 0.3 is 0 Å². The highest BCUT2D eigenvalue weighted by molar-refractivity contribution is 6.30. The van der Waals surface area contributed by atoms with E-state index in [4.69, 9.17) is 21.3 Å². The fourth-order valence-electron chi connectivity index (χ4n) is 3.69. The summed E-state index contributed by atoms with van der Waals surface area (Å²) in [7, 11) is 3.45. The highest BCUT2D eigenvalue weighted by atomic mass is 35.5. The van der Waals surface area contributed by atoms with Crippen LogP contribution in [-0.2, 0) is 7.05 Å². The van der Waals surface area contributed by atoms with Crippen molar-refractivity contribution < 1.29 is 9.13 Å². The molecule has 0 fully saturated rings. The van der Waals surface area contributed by atoms with Crippen LogP contribution >= 0.6 is 11.6 Å². The lowest BCUT2D eigenvalue weighted by atomic mass is 10.0. The lowest BCUT2D eigenvalue weighted by Crippen LogP contribution is -2.03. The molecule has 0 amide bonds. The number of aryl methyl sites for hydroxylation is 3. The van der Waals surface area contributed by atoms with E-state index in [1.807, 2.05) is 45.3 Å². The second-order valence-corrected chi connectivity index (χ2v) is 8.38. The van der Waals surface area contributed by atoms with E-state index < -0.39 is 5.82 Å². The topological polar surface area (TPSA) is 78.6 Å². The van der Waals surface area contributed by atoms with E-state index in [0.29, 0.717) is 39.0 Å². The summed E-state index contributed by atoms with van der Waals surface area (Å²) in [5, 5.41) is 4.55. The Bertz CT molecular complexity index is 1570. The number of rotatable bonds is 4. The fraction of sp³-hybridized carbons (Fsp3) is 0.160. The van der Waals surface area contributed by atoms with Crippen LogP contribution in [0.3, 0.4) is 0 Å². The molecule has 0 saturated heterocycles. The Morgan fingerprint density at radius 1 is 0.912 bits per heavy atom. The molecule has 2 aromatic carbocycles.